The molecule has 0 bridgehead atoms. The molecule has 0 saturated heterocycles. The van der Waals surface area contributed by atoms with Crippen LogP contribution in [-0.4, -0.2) is 24.5 Å². The number of rotatable bonds is 7. The molecule has 4 nitrogen and oxygen atoms in total. The Bertz CT molecular complexity index is 813. The van der Waals surface area contributed by atoms with E-state index in [0.717, 1.165) is 28.4 Å². The molecular formula is C20H20N2O2S. The summed E-state index contributed by atoms with van der Waals surface area (Å²) in [5.74, 6) is 0.820. The fourth-order valence-electron chi connectivity index (χ4n) is 2.47. The van der Waals surface area contributed by atoms with Crippen LogP contribution in [0, 0.1) is 0 Å². The van der Waals surface area contributed by atoms with Crippen LogP contribution in [0.2, 0.25) is 0 Å². The quantitative estimate of drug-likeness (QED) is 0.705. The molecule has 1 heterocycles. The van der Waals surface area contributed by atoms with Gasteiger partial charge in [0.1, 0.15) is 10.8 Å². The van der Waals surface area contributed by atoms with Gasteiger partial charge in [0, 0.05) is 17.5 Å². The summed E-state index contributed by atoms with van der Waals surface area (Å²) in [4.78, 5) is 16.6. The summed E-state index contributed by atoms with van der Waals surface area (Å²) in [6.45, 7) is 0.637. The van der Waals surface area contributed by atoms with Gasteiger partial charge in [-0.1, -0.05) is 30.3 Å². The maximum absolute atomic E-state index is 12.1. The number of methoxy groups -OCH3 is 1. The highest BCUT2D eigenvalue weighted by molar-refractivity contribution is 7.13. The summed E-state index contributed by atoms with van der Waals surface area (Å²) < 4.78 is 5.16. The molecule has 0 aliphatic rings. The standard InChI is InChI=1S/C20H20N2O2S/c1-24-18-9-7-16(8-10-18)20-22-17(14-25-20)13-19(23)21-12-11-15-5-3-2-4-6-15/h2-10,14H,11-13H2,1H3,(H,21,23). The van der Waals surface area contributed by atoms with Crippen molar-refractivity contribution in [1.82, 2.24) is 10.3 Å². The summed E-state index contributed by atoms with van der Waals surface area (Å²) in [7, 11) is 1.65. The number of amides is 1. The van der Waals surface area contributed by atoms with E-state index in [1.54, 1.807) is 18.4 Å². The predicted octanol–water partition coefficient (Wildman–Crippen LogP) is 3.72. The predicted molar refractivity (Wildman–Crippen MR) is 101 cm³/mol. The first-order valence-electron chi connectivity index (χ1n) is 8.14. The van der Waals surface area contributed by atoms with Gasteiger partial charge < -0.3 is 10.1 Å². The van der Waals surface area contributed by atoms with E-state index < -0.39 is 0 Å². The summed E-state index contributed by atoms with van der Waals surface area (Å²) in [5, 5.41) is 5.81. The Morgan fingerprint density at radius 2 is 1.88 bits per heavy atom. The topological polar surface area (TPSA) is 51.2 Å². The number of aromatic nitrogens is 1. The molecule has 0 atom stereocenters. The molecule has 1 N–H and O–H groups in total. The molecule has 0 aliphatic heterocycles. The van der Waals surface area contributed by atoms with E-state index in [4.69, 9.17) is 4.74 Å². The van der Waals surface area contributed by atoms with Crippen molar-refractivity contribution in [3.8, 4) is 16.3 Å². The lowest BCUT2D eigenvalue weighted by Crippen LogP contribution is -2.27. The van der Waals surface area contributed by atoms with Crippen LogP contribution in [0.25, 0.3) is 10.6 Å². The highest BCUT2D eigenvalue weighted by Crippen LogP contribution is 2.25. The third kappa shape index (κ3) is 4.90. The number of hydrogen-bond donors (Lipinski definition) is 1. The summed E-state index contributed by atoms with van der Waals surface area (Å²) in [5.41, 5.74) is 3.05. The Balaban J connectivity index is 1.51. The van der Waals surface area contributed by atoms with Gasteiger partial charge in [0.15, 0.2) is 0 Å². The lowest BCUT2D eigenvalue weighted by molar-refractivity contribution is -0.120. The Morgan fingerprint density at radius 1 is 1.12 bits per heavy atom. The first kappa shape index (κ1) is 17.2. The molecule has 0 radical (unpaired) electrons. The smallest absolute Gasteiger partial charge is 0.226 e. The number of nitrogens with zero attached hydrogens (tertiary/aromatic N) is 1. The van der Waals surface area contributed by atoms with Gasteiger partial charge in [-0.15, -0.1) is 11.3 Å². The second-order valence-electron chi connectivity index (χ2n) is 5.63. The van der Waals surface area contributed by atoms with Crippen molar-refractivity contribution in [3.05, 3.63) is 71.2 Å². The minimum absolute atomic E-state index is 0.00233. The molecule has 0 unspecified atom stereocenters. The van der Waals surface area contributed by atoms with Gasteiger partial charge in [0.25, 0.3) is 0 Å². The molecule has 0 spiro atoms. The zero-order valence-corrected chi connectivity index (χ0v) is 14.9. The van der Waals surface area contributed by atoms with Crippen LogP contribution in [0.3, 0.4) is 0 Å². The highest BCUT2D eigenvalue weighted by Gasteiger charge is 2.09. The Kier molecular flexibility index (Phi) is 5.80. The van der Waals surface area contributed by atoms with Crippen molar-refractivity contribution >= 4 is 17.2 Å². The van der Waals surface area contributed by atoms with Crippen LogP contribution in [0.4, 0.5) is 0 Å². The highest BCUT2D eigenvalue weighted by atomic mass is 32.1. The normalized spacial score (nSPS) is 10.4. The van der Waals surface area contributed by atoms with Gasteiger partial charge in [0.2, 0.25) is 5.91 Å². The van der Waals surface area contributed by atoms with Gasteiger partial charge in [0.05, 0.1) is 19.2 Å². The molecule has 1 amide bonds. The van der Waals surface area contributed by atoms with Crippen LogP contribution >= 0.6 is 11.3 Å². The van der Waals surface area contributed by atoms with E-state index in [-0.39, 0.29) is 5.91 Å². The van der Waals surface area contributed by atoms with Gasteiger partial charge >= 0.3 is 0 Å². The average molecular weight is 352 g/mol. The Labute approximate surface area is 151 Å². The van der Waals surface area contributed by atoms with Crippen molar-refractivity contribution < 1.29 is 9.53 Å². The summed E-state index contributed by atoms with van der Waals surface area (Å²) >= 11 is 1.55. The van der Waals surface area contributed by atoms with Gasteiger partial charge in [-0.05, 0) is 36.2 Å². The van der Waals surface area contributed by atoms with E-state index in [1.807, 2.05) is 47.8 Å². The number of nitrogens with one attached hydrogen (secondary N) is 1. The van der Waals surface area contributed by atoms with Gasteiger partial charge in [-0.2, -0.15) is 0 Å². The second kappa shape index (κ2) is 8.44. The molecule has 5 heteroatoms. The molecule has 128 valence electrons. The largest absolute Gasteiger partial charge is 0.497 e. The lowest BCUT2D eigenvalue weighted by Gasteiger charge is -2.04. The minimum Gasteiger partial charge on any atom is -0.497 e. The van der Waals surface area contributed by atoms with Crippen LogP contribution in [0.1, 0.15) is 11.3 Å². The van der Waals surface area contributed by atoms with E-state index >= 15 is 0 Å². The number of ether oxygens (including phenoxy) is 1. The first-order valence-corrected chi connectivity index (χ1v) is 9.02. The SMILES string of the molecule is COc1ccc(-c2nc(CC(=O)NCCc3ccccc3)cs2)cc1. The fourth-order valence-corrected chi connectivity index (χ4v) is 3.30. The van der Waals surface area contributed by atoms with Gasteiger partial charge in [-0.25, -0.2) is 4.98 Å². The summed E-state index contributed by atoms with van der Waals surface area (Å²) in [6.07, 6.45) is 1.14. The van der Waals surface area contributed by atoms with Crippen LogP contribution < -0.4 is 10.1 Å². The monoisotopic (exact) mass is 352 g/mol. The van der Waals surface area contributed by atoms with Crippen molar-refractivity contribution in [1.29, 1.82) is 0 Å². The van der Waals surface area contributed by atoms with Gasteiger partial charge in [-0.3, -0.25) is 4.79 Å². The number of hydrogen-bond acceptors (Lipinski definition) is 4. The van der Waals surface area contributed by atoms with E-state index in [9.17, 15) is 4.79 Å². The summed E-state index contributed by atoms with van der Waals surface area (Å²) in [6, 6.07) is 17.9. The number of carbonyl (C=O) groups excluding carboxylic acids is 1. The fraction of sp³-hybridized carbons (Fsp3) is 0.200. The molecule has 0 fully saturated rings. The molecule has 3 rings (SSSR count). The minimum atomic E-state index is 0.00233. The molecule has 1 aromatic heterocycles. The molecule has 0 aliphatic carbocycles. The van der Waals surface area contributed by atoms with Crippen LogP contribution in [-0.2, 0) is 17.6 Å². The van der Waals surface area contributed by atoms with E-state index in [0.29, 0.717) is 13.0 Å². The maximum atomic E-state index is 12.1. The first-order chi connectivity index (χ1) is 12.2. The number of carbonyl (C=O) groups is 1. The average Bonchev–Trinajstić information content (AvgIpc) is 3.11. The third-order valence-electron chi connectivity index (χ3n) is 3.81. The van der Waals surface area contributed by atoms with Crippen molar-refractivity contribution in [2.75, 3.05) is 13.7 Å². The molecular weight excluding hydrogens is 332 g/mol. The molecule has 2 aromatic carbocycles. The molecule has 3 aromatic rings. The molecule has 0 saturated carbocycles. The lowest BCUT2D eigenvalue weighted by atomic mass is 10.1. The van der Waals surface area contributed by atoms with E-state index in [2.05, 4.69) is 22.4 Å². The zero-order valence-electron chi connectivity index (χ0n) is 14.1. The van der Waals surface area contributed by atoms with Crippen LogP contribution in [0.5, 0.6) is 5.75 Å². The number of thiazole rings is 1. The Morgan fingerprint density at radius 3 is 2.60 bits per heavy atom. The van der Waals surface area contributed by atoms with Crippen LogP contribution in [0.15, 0.2) is 60.0 Å². The zero-order chi connectivity index (χ0) is 17.5. The van der Waals surface area contributed by atoms with E-state index in [1.165, 1.54) is 5.56 Å². The van der Waals surface area contributed by atoms with Crippen molar-refractivity contribution in [3.63, 3.8) is 0 Å². The van der Waals surface area contributed by atoms with Crippen molar-refractivity contribution in [2.45, 2.75) is 12.8 Å². The second-order valence-corrected chi connectivity index (χ2v) is 6.49. The van der Waals surface area contributed by atoms with Crippen molar-refractivity contribution in [2.24, 2.45) is 0 Å². The number of benzene rings is 2. The Hall–Kier alpha value is -2.66. The maximum Gasteiger partial charge on any atom is 0.226 e. The third-order valence-corrected chi connectivity index (χ3v) is 4.75. The molecule has 25 heavy (non-hydrogen) atoms.